The van der Waals surface area contributed by atoms with Crippen LogP contribution >= 0.6 is 0 Å². The molecule has 0 aromatic heterocycles. The molecule has 2 unspecified atom stereocenters. The van der Waals surface area contributed by atoms with Gasteiger partial charge in [-0.15, -0.1) is 0 Å². The molecule has 1 saturated heterocycles. The van der Waals surface area contributed by atoms with Crippen molar-refractivity contribution in [2.75, 3.05) is 20.2 Å². The Labute approximate surface area is 178 Å². The molecule has 3 rings (SSSR count). The van der Waals surface area contributed by atoms with Gasteiger partial charge in [-0.05, 0) is 67.8 Å². The van der Waals surface area contributed by atoms with Crippen LogP contribution in [0.25, 0.3) is 0 Å². The van der Waals surface area contributed by atoms with Gasteiger partial charge in [-0.1, -0.05) is 20.8 Å². The second kappa shape index (κ2) is 9.25. The number of benzene rings is 1. The Balaban J connectivity index is 1.40. The summed E-state index contributed by atoms with van der Waals surface area (Å²) < 4.78 is 10.7. The third-order valence-electron chi connectivity index (χ3n) is 6.32. The van der Waals surface area contributed by atoms with Gasteiger partial charge in [-0.25, -0.2) is 9.59 Å². The van der Waals surface area contributed by atoms with Crippen LogP contribution in [0.5, 0.6) is 5.75 Å². The maximum atomic E-state index is 11.6. The standard InChI is InChI=1S/C23H34N2O5/c1-23(2,3)20-11-15(9-10-25(20)22(27)28)14-24-17-12-19(13-17)30-18-7-5-16(6-8-18)21(26)29-4/h5-8,15,17,19-20,24H,9-14H2,1-4H3,(H,27,28). The van der Waals surface area contributed by atoms with Gasteiger partial charge in [0.2, 0.25) is 0 Å². The monoisotopic (exact) mass is 418 g/mol. The number of carbonyl (C=O) groups is 2. The number of piperidine rings is 1. The number of likely N-dealkylation sites (tertiary alicyclic amines) is 1. The third kappa shape index (κ3) is 5.45. The lowest BCUT2D eigenvalue weighted by atomic mass is 9.77. The summed E-state index contributed by atoms with van der Waals surface area (Å²) in [5, 5.41) is 13.1. The van der Waals surface area contributed by atoms with Crippen molar-refractivity contribution in [2.45, 2.75) is 64.6 Å². The first kappa shape index (κ1) is 22.4. The van der Waals surface area contributed by atoms with E-state index in [-0.39, 0.29) is 23.5 Å². The van der Waals surface area contributed by atoms with E-state index in [0.29, 0.717) is 24.1 Å². The van der Waals surface area contributed by atoms with E-state index in [9.17, 15) is 14.7 Å². The highest BCUT2D eigenvalue weighted by atomic mass is 16.5. The van der Waals surface area contributed by atoms with Crippen LogP contribution in [0, 0.1) is 11.3 Å². The average molecular weight is 419 g/mol. The van der Waals surface area contributed by atoms with E-state index in [2.05, 4.69) is 26.1 Å². The summed E-state index contributed by atoms with van der Waals surface area (Å²) in [6, 6.07) is 7.53. The fraction of sp³-hybridized carbons (Fsp3) is 0.652. The first-order valence-corrected chi connectivity index (χ1v) is 10.8. The molecule has 1 heterocycles. The van der Waals surface area contributed by atoms with E-state index in [4.69, 9.17) is 9.47 Å². The van der Waals surface area contributed by atoms with Crippen molar-refractivity contribution in [3.63, 3.8) is 0 Å². The maximum Gasteiger partial charge on any atom is 0.407 e. The Kier molecular flexibility index (Phi) is 6.91. The summed E-state index contributed by atoms with van der Waals surface area (Å²) >= 11 is 0. The molecule has 7 nitrogen and oxygen atoms in total. The van der Waals surface area contributed by atoms with Crippen molar-refractivity contribution in [1.82, 2.24) is 10.2 Å². The predicted molar refractivity (Wildman–Crippen MR) is 114 cm³/mol. The minimum absolute atomic E-state index is 0.0565. The van der Waals surface area contributed by atoms with E-state index < -0.39 is 6.09 Å². The summed E-state index contributed by atoms with van der Waals surface area (Å²) in [5.74, 6) is 0.910. The molecule has 1 saturated carbocycles. The number of nitrogens with one attached hydrogen (secondary N) is 1. The molecule has 1 aliphatic heterocycles. The van der Waals surface area contributed by atoms with Crippen LogP contribution in [-0.2, 0) is 4.74 Å². The third-order valence-corrected chi connectivity index (χ3v) is 6.32. The van der Waals surface area contributed by atoms with Crippen molar-refractivity contribution < 1.29 is 24.2 Å². The van der Waals surface area contributed by atoms with Crippen LogP contribution in [0.3, 0.4) is 0 Å². The Morgan fingerprint density at radius 1 is 1.17 bits per heavy atom. The van der Waals surface area contributed by atoms with Gasteiger partial charge in [0.1, 0.15) is 11.9 Å². The number of hydrogen-bond acceptors (Lipinski definition) is 5. The number of methoxy groups -OCH3 is 1. The zero-order valence-electron chi connectivity index (χ0n) is 18.4. The molecule has 1 amide bonds. The average Bonchev–Trinajstić information content (AvgIpc) is 2.68. The number of carboxylic acid groups (broad SMARTS) is 1. The molecule has 2 fully saturated rings. The molecule has 1 aliphatic carbocycles. The summed E-state index contributed by atoms with van der Waals surface area (Å²) in [6.07, 6.45) is 3.10. The number of hydrogen-bond donors (Lipinski definition) is 2. The number of amides is 1. The van der Waals surface area contributed by atoms with E-state index >= 15 is 0 Å². The van der Waals surface area contributed by atoms with Crippen molar-refractivity contribution in [3.8, 4) is 5.75 Å². The molecular formula is C23H34N2O5. The summed E-state index contributed by atoms with van der Waals surface area (Å²) in [5.41, 5.74) is 0.455. The van der Waals surface area contributed by atoms with Gasteiger partial charge in [0.05, 0.1) is 12.7 Å². The van der Waals surface area contributed by atoms with Gasteiger partial charge in [0.15, 0.2) is 0 Å². The van der Waals surface area contributed by atoms with Gasteiger partial charge in [0.25, 0.3) is 0 Å². The lowest BCUT2D eigenvalue weighted by Crippen LogP contribution is -2.54. The molecule has 0 radical (unpaired) electrons. The van der Waals surface area contributed by atoms with E-state index in [0.717, 1.165) is 38.0 Å². The Morgan fingerprint density at radius 2 is 1.83 bits per heavy atom. The van der Waals surface area contributed by atoms with Crippen molar-refractivity contribution in [3.05, 3.63) is 29.8 Å². The summed E-state index contributed by atoms with van der Waals surface area (Å²) in [6.45, 7) is 7.89. The largest absolute Gasteiger partial charge is 0.490 e. The fourth-order valence-electron chi connectivity index (χ4n) is 4.42. The van der Waals surface area contributed by atoms with Crippen LogP contribution in [0.15, 0.2) is 24.3 Å². The second-order valence-electron chi connectivity index (χ2n) is 9.58. The highest BCUT2D eigenvalue weighted by molar-refractivity contribution is 5.89. The molecule has 0 bridgehead atoms. The molecule has 1 aromatic carbocycles. The number of carbonyl (C=O) groups excluding carboxylic acids is 1. The van der Waals surface area contributed by atoms with Crippen molar-refractivity contribution >= 4 is 12.1 Å². The Morgan fingerprint density at radius 3 is 2.40 bits per heavy atom. The first-order valence-electron chi connectivity index (χ1n) is 10.8. The lowest BCUT2D eigenvalue weighted by molar-refractivity contribution is 0.0360. The lowest BCUT2D eigenvalue weighted by Gasteiger charge is -2.45. The summed E-state index contributed by atoms with van der Waals surface area (Å²) in [4.78, 5) is 24.7. The quantitative estimate of drug-likeness (QED) is 0.684. The van der Waals surface area contributed by atoms with E-state index in [1.807, 2.05) is 0 Å². The number of rotatable bonds is 6. The molecule has 30 heavy (non-hydrogen) atoms. The maximum absolute atomic E-state index is 11.6. The number of esters is 1. The fourth-order valence-corrected chi connectivity index (χ4v) is 4.42. The van der Waals surface area contributed by atoms with Crippen LogP contribution < -0.4 is 10.1 Å². The summed E-state index contributed by atoms with van der Waals surface area (Å²) in [7, 11) is 1.37. The molecule has 166 valence electrons. The zero-order chi connectivity index (χ0) is 21.9. The molecule has 7 heteroatoms. The minimum atomic E-state index is -0.806. The zero-order valence-corrected chi connectivity index (χ0v) is 18.4. The smallest absolute Gasteiger partial charge is 0.407 e. The second-order valence-corrected chi connectivity index (χ2v) is 9.58. The van der Waals surface area contributed by atoms with Crippen LogP contribution in [0.4, 0.5) is 4.79 Å². The van der Waals surface area contributed by atoms with Crippen LogP contribution in [0.1, 0.15) is 56.8 Å². The van der Waals surface area contributed by atoms with Gasteiger partial charge in [0, 0.05) is 18.6 Å². The molecular weight excluding hydrogens is 384 g/mol. The van der Waals surface area contributed by atoms with Gasteiger partial charge in [-0.2, -0.15) is 0 Å². The highest BCUT2D eigenvalue weighted by Gasteiger charge is 2.39. The molecule has 2 aliphatic rings. The van der Waals surface area contributed by atoms with E-state index in [1.165, 1.54) is 7.11 Å². The van der Waals surface area contributed by atoms with Crippen LogP contribution in [0.2, 0.25) is 0 Å². The number of ether oxygens (including phenoxy) is 2. The van der Waals surface area contributed by atoms with Gasteiger partial charge >= 0.3 is 12.1 Å². The van der Waals surface area contributed by atoms with Crippen LogP contribution in [-0.4, -0.2) is 60.5 Å². The molecule has 2 atom stereocenters. The first-order chi connectivity index (χ1) is 14.2. The van der Waals surface area contributed by atoms with Gasteiger partial charge < -0.3 is 24.8 Å². The SMILES string of the molecule is COC(=O)c1ccc(OC2CC(NCC3CCN(C(=O)O)C(C(C)(C)C)C3)C2)cc1. The normalized spacial score (nSPS) is 26.6. The van der Waals surface area contributed by atoms with Crippen molar-refractivity contribution in [2.24, 2.45) is 11.3 Å². The highest BCUT2D eigenvalue weighted by Crippen LogP contribution is 2.35. The Bertz CT molecular complexity index is 737. The van der Waals surface area contributed by atoms with Crippen molar-refractivity contribution in [1.29, 1.82) is 0 Å². The van der Waals surface area contributed by atoms with E-state index in [1.54, 1.807) is 29.2 Å². The molecule has 0 spiro atoms. The number of nitrogens with zero attached hydrogens (tertiary/aromatic N) is 1. The molecule has 1 aromatic rings. The Hall–Kier alpha value is -2.28. The predicted octanol–water partition coefficient (Wildman–Crippen LogP) is 3.78. The minimum Gasteiger partial charge on any atom is -0.490 e. The van der Waals surface area contributed by atoms with Gasteiger partial charge in [-0.3, -0.25) is 0 Å². The topological polar surface area (TPSA) is 88.1 Å². The molecule has 2 N–H and O–H groups in total.